The van der Waals surface area contributed by atoms with Crippen molar-refractivity contribution in [3.63, 3.8) is 0 Å². The second-order valence-corrected chi connectivity index (χ2v) is 5.45. The Labute approximate surface area is 146 Å². The number of fused-ring (bicyclic) bond motifs is 1. The van der Waals surface area contributed by atoms with Crippen LogP contribution in [-0.4, -0.2) is 22.0 Å². The number of benzene rings is 1. The van der Waals surface area contributed by atoms with Crippen molar-refractivity contribution in [2.45, 2.75) is 20.1 Å². The molecule has 0 amide bonds. The van der Waals surface area contributed by atoms with Gasteiger partial charge in [-0.25, -0.2) is 9.78 Å². The standard InChI is InChI=1S/C18H14F2N2O4/c1-11-3-2-8-22-15(23)9-13(21-16(11)22)10-25-17(24)12-4-6-14(7-5-12)26-18(19)20/h2-9,18H,10H2,1H3. The predicted octanol–water partition coefficient (Wildman–Crippen LogP) is 2.96. The highest BCUT2D eigenvalue weighted by molar-refractivity contribution is 5.89. The average molecular weight is 360 g/mol. The number of carbonyl (C=O) groups is 1. The van der Waals surface area contributed by atoms with Crippen LogP contribution in [0, 0.1) is 6.92 Å². The molecule has 8 heteroatoms. The number of carbonyl (C=O) groups excluding carboxylic acids is 1. The minimum absolute atomic E-state index is 0.0590. The van der Waals surface area contributed by atoms with Gasteiger partial charge in [-0.15, -0.1) is 0 Å². The van der Waals surface area contributed by atoms with Crippen molar-refractivity contribution in [3.8, 4) is 5.75 Å². The number of hydrogen-bond donors (Lipinski definition) is 0. The van der Waals surface area contributed by atoms with Crippen molar-refractivity contribution in [1.29, 1.82) is 0 Å². The molecule has 3 aromatic rings. The second-order valence-electron chi connectivity index (χ2n) is 5.45. The third kappa shape index (κ3) is 3.85. The van der Waals surface area contributed by atoms with Gasteiger partial charge < -0.3 is 9.47 Å². The van der Waals surface area contributed by atoms with E-state index in [0.29, 0.717) is 11.3 Å². The maximum atomic E-state index is 12.1. The van der Waals surface area contributed by atoms with Crippen LogP contribution < -0.4 is 10.3 Å². The molecule has 1 aromatic carbocycles. The lowest BCUT2D eigenvalue weighted by Crippen LogP contribution is -2.17. The van der Waals surface area contributed by atoms with E-state index in [-0.39, 0.29) is 23.5 Å². The molecule has 0 atom stereocenters. The van der Waals surface area contributed by atoms with Crippen LogP contribution in [-0.2, 0) is 11.3 Å². The molecule has 6 nitrogen and oxygen atoms in total. The summed E-state index contributed by atoms with van der Waals surface area (Å²) in [5.74, 6) is -0.725. The van der Waals surface area contributed by atoms with Gasteiger partial charge in [-0.2, -0.15) is 8.78 Å². The number of hydrogen-bond acceptors (Lipinski definition) is 5. The first-order chi connectivity index (χ1) is 12.4. The second kappa shape index (κ2) is 7.30. The largest absolute Gasteiger partial charge is 0.456 e. The normalized spacial score (nSPS) is 10.9. The molecular formula is C18H14F2N2O4. The van der Waals surface area contributed by atoms with Crippen molar-refractivity contribution in [2.75, 3.05) is 0 Å². The van der Waals surface area contributed by atoms with Crippen LogP contribution in [0.1, 0.15) is 21.6 Å². The van der Waals surface area contributed by atoms with E-state index >= 15 is 0 Å². The Morgan fingerprint density at radius 2 is 1.96 bits per heavy atom. The summed E-state index contributed by atoms with van der Waals surface area (Å²) in [5.41, 5.74) is 1.50. The zero-order valence-electron chi connectivity index (χ0n) is 13.7. The number of ether oxygens (including phenoxy) is 2. The predicted molar refractivity (Wildman–Crippen MR) is 88.4 cm³/mol. The molecule has 0 aliphatic heterocycles. The number of rotatable bonds is 5. The zero-order valence-corrected chi connectivity index (χ0v) is 13.7. The van der Waals surface area contributed by atoms with Gasteiger partial charge in [0.25, 0.3) is 5.56 Å². The van der Waals surface area contributed by atoms with Crippen molar-refractivity contribution < 1.29 is 23.0 Å². The summed E-state index contributed by atoms with van der Waals surface area (Å²) in [6.07, 6.45) is 1.61. The van der Waals surface area contributed by atoms with E-state index < -0.39 is 12.6 Å². The van der Waals surface area contributed by atoms with Gasteiger partial charge in [0.2, 0.25) is 0 Å². The molecule has 0 saturated heterocycles. The van der Waals surface area contributed by atoms with Gasteiger partial charge >= 0.3 is 12.6 Å². The van der Waals surface area contributed by atoms with E-state index in [9.17, 15) is 18.4 Å². The van der Waals surface area contributed by atoms with E-state index in [2.05, 4.69) is 9.72 Å². The number of nitrogens with zero attached hydrogens (tertiary/aromatic N) is 2. The summed E-state index contributed by atoms with van der Waals surface area (Å²) in [4.78, 5) is 28.5. The molecule has 0 unspecified atom stereocenters. The van der Waals surface area contributed by atoms with Crippen LogP contribution in [0.4, 0.5) is 8.78 Å². The Hall–Kier alpha value is -3.29. The van der Waals surface area contributed by atoms with Gasteiger partial charge in [-0.1, -0.05) is 6.07 Å². The molecule has 2 aromatic heterocycles. The Morgan fingerprint density at radius 1 is 1.23 bits per heavy atom. The number of alkyl halides is 2. The molecular weight excluding hydrogens is 346 g/mol. The molecule has 0 aliphatic carbocycles. The van der Waals surface area contributed by atoms with Crippen molar-refractivity contribution in [1.82, 2.24) is 9.38 Å². The fourth-order valence-corrected chi connectivity index (χ4v) is 2.38. The molecule has 0 spiro atoms. The van der Waals surface area contributed by atoms with E-state index in [1.807, 2.05) is 13.0 Å². The number of aryl methyl sites for hydroxylation is 1. The minimum atomic E-state index is -2.94. The Bertz CT molecular complexity index is 1000. The highest BCUT2D eigenvalue weighted by Crippen LogP contribution is 2.16. The summed E-state index contributed by atoms with van der Waals surface area (Å²) in [5, 5.41) is 0. The maximum Gasteiger partial charge on any atom is 0.387 e. The number of pyridine rings is 1. The van der Waals surface area contributed by atoms with Gasteiger partial charge in [0.05, 0.1) is 11.3 Å². The third-order valence-corrected chi connectivity index (χ3v) is 3.61. The molecule has 0 N–H and O–H groups in total. The van der Waals surface area contributed by atoms with Crippen LogP contribution >= 0.6 is 0 Å². The van der Waals surface area contributed by atoms with Crippen LogP contribution in [0.25, 0.3) is 5.65 Å². The average Bonchev–Trinajstić information content (AvgIpc) is 2.61. The van der Waals surface area contributed by atoms with Crippen LogP contribution in [0.15, 0.2) is 53.5 Å². The molecule has 134 valence electrons. The molecule has 0 radical (unpaired) electrons. The van der Waals surface area contributed by atoms with Gasteiger partial charge in [0, 0.05) is 12.3 Å². The quantitative estimate of drug-likeness (QED) is 0.655. The first-order valence-electron chi connectivity index (χ1n) is 7.64. The number of esters is 1. The minimum Gasteiger partial charge on any atom is -0.456 e. The Kier molecular flexibility index (Phi) is 4.92. The topological polar surface area (TPSA) is 69.9 Å². The molecule has 2 heterocycles. The fraction of sp³-hybridized carbons (Fsp3) is 0.167. The smallest absolute Gasteiger partial charge is 0.387 e. The lowest BCUT2D eigenvalue weighted by atomic mass is 10.2. The fourth-order valence-electron chi connectivity index (χ4n) is 2.38. The van der Waals surface area contributed by atoms with Crippen LogP contribution in [0.5, 0.6) is 5.75 Å². The highest BCUT2D eigenvalue weighted by Gasteiger charge is 2.11. The molecule has 0 bridgehead atoms. The van der Waals surface area contributed by atoms with Gasteiger partial charge in [0.15, 0.2) is 0 Å². The third-order valence-electron chi connectivity index (χ3n) is 3.61. The lowest BCUT2D eigenvalue weighted by Gasteiger charge is -2.08. The SMILES string of the molecule is Cc1cccn2c(=O)cc(COC(=O)c3ccc(OC(F)F)cc3)nc12. The highest BCUT2D eigenvalue weighted by atomic mass is 19.3. The van der Waals surface area contributed by atoms with Crippen LogP contribution in [0.3, 0.4) is 0 Å². The van der Waals surface area contributed by atoms with Crippen molar-refractivity contribution >= 4 is 11.6 Å². The summed E-state index contributed by atoms with van der Waals surface area (Å²) in [6, 6.07) is 9.96. The van der Waals surface area contributed by atoms with E-state index in [1.54, 1.807) is 12.3 Å². The van der Waals surface area contributed by atoms with E-state index in [0.717, 1.165) is 5.56 Å². The molecule has 0 aliphatic rings. The maximum absolute atomic E-state index is 12.1. The van der Waals surface area contributed by atoms with Gasteiger partial charge in [-0.3, -0.25) is 9.20 Å². The monoisotopic (exact) mass is 360 g/mol. The van der Waals surface area contributed by atoms with E-state index in [1.165, 1.54) is 34.7 Å². The van der Waals surface area contributed by atoms with Crippen LogP contribution in [0.2, 0.25) is 0 Å². The number of aromatic nitrogens is 2. The summed E-state index contributed by atoms with van der Waals surface area (Å²) < 4.78 is 35.0. The molecule has 0 saturated carbocycles. The van der Waals surface area contributed by atoms with Gasteiger partial charge in [-0.05, 0) is 42.8 Å². The molecule has 0 fully saturated rings. The summed E-state index contributed by atoms with van der Waals surface area (Å²) >= 11 is 0. The lowest BCUT2D eigenvalue weighted by molar-refractivity contribution is -0.0498. The molecule has 3 rings (SSSR count). The zero-order chi connectivity index (χ0) is 18.7. The Morgan fingerprint density at radius 3 is 2.65 bits per heavy atom. The summed E-state index contributed by atoms with van der Waals surface area (Å²) in [6.45, 7) is -1.30. The molecule has 26 heavy (non-hydrogen) atoms. The Balaban J connectivity index is 1.72. The summed E-state index contributed by atoms with van der Waals surface area (Å²) in [7, 11) is 0. The van der Waals surface area contributed by atoms with E-state index in [4.69, 9.17) is 4.74 Å². The van der Waals surface area contributed by atoms with Crippen molar-refractivity contribution in [3.05, 3.63) is 75.8 Å². The van der Waals surface area contributed by atoms with Gasteiger partial charge in [0.1, 0.15) is 18.0 Å². The first kappa shape index (κ1) is 17.5. The first-order valence-corrected chi connectivity index (χ1v) is 7.64. The van der Waals surface area contributed by atoms with Crippen molar-refractivity contribution in [2.24, 2.45) is 0 Å². The number of halogens is 2.